The quantitative estimate of drug-likeness (QED) is 0.832. The summed E-state index contributed by atoms with van der Waals surface area (Å²) >= 11 is 0. The number of sulfonamides is 1. The average molecular weight is 380 g/mol. The number of halogens is 1. The van der Waals surface area contributed by atoms with Crippen molar-refractivity contribution in [1.29, 1.82) is 0 Å². The van der Waals surface area contributed by atoms with Gasteiger partial charge in [-0.3, -0.25) is 9.10 Å². The Morgan fingerprint density at radius 3 is 2.54 bits per heavy atom. The van der Waals surface area contributed by atoms with Crippen molar-refractivity contribution < 1.29 is 27.1 Å². The normalized spacial score (nSPS) is 12.7. The van der Waals surface area contributed by atoms with Crippen molar-refractivity contribution in [1.82, 2.24) is 0 Å². The average Bonchev–Trinajstić information content (AvgIpc) is 3.03. The van der Waals surface area contributed by atoms with E-state index < -0.39 is 15.8 Å². The van der Waals surface area contributed by atoms with Gasteiger partial charge < -0.3 is 14.8 Å². The maximum atomic E-state index is 13.0. The molecule has 2 aromatic rings. The smallest absolute Gasteiger partial charge is 0.232 e. The molecule has 138 valence electrons. The van der Waals surface area contributed by atoms with E-state index in [9.17, 15) is 17.6 Å². The van der Waals surface area contributed by atoms with Gasteiger partial charge in [0.15, 0.2) is 11.5 Å². The summed E-state index contributed by atoms with van der Waals surface area (Å²) in [5.74, 6) is 0.303. The molecule has 0 spiro atoms. The minimum Gasteiger partial charge on any atom is -0.454 e. The van der Waals surface area contributed by atoms with Crippen LogP contribution in [0.1, 0.15) is 6.42 Å². The van der Waals surface area contributed by atoms with Crippen molar-refractivity contribution in [3.63, 3.8) is 0 Å². The maximum Gasteiger partial charge on any atom is 0.232 e. The number of hydrogen-bond donors (Lipinski definition) is 1. The van der Waals surface area contributed by atoms with E-state index in [4.69, 9.17) is 9.47 Å². The van der Waals surface area contributed by atoms with Crippen LogP contribution >= 0.6 is 0 Å². The standard InChI is InChI=1S/C17H17FN2O5S/c1-26(22,23)20(14-5-2-12(18)3-6-14)9-8-17(21)19-13-4-7-15-16(10-13)25-11-24-15/h2-7,10H,8-9,11H2,1H3,(H,19,21). The summed E-state index contributed by atoms with van der Waals surface area (Å²) in [5.41, 5.74) is 0.816. The molecule has 0 fully saturated rings. The molecule has 0 aromatic heterocycles. The lowest BCUT2D eigenvalue weighted by atomic mass is 10.2. The summed E-state index contributed by atoms with van der Waals surface area (Å²) in [5, 5.41) is 2.68. The van der Waals surface area contributed by atoms with Crippen molar-refractivity contribution >= 4 is 27.3 Å². The summed E-state index contributed by atoms with van der Waals surface area (Å²) < 4.78 is 48.5. The van der Waals surface area contributed by atoms with Gasteiger partial charge >= 0.3 is 0 Å². The van der Waals surface area contributed by atoms with Gasteiger partial charge in [-0.25, -0.2) is 12.8 Å². The number of nitrogens with one attached hydrogen (secondary N) is 1. The van der Waals surface area contributed by atoms with Gasteiger partial charge in [-0.2, -0.15) is 0 Å². The van der Waals surface area contributed by atoms with Gasteiger partial charge in [0, 0.05) is 24.7 Å². The predicted molar refractivity (Wildman–Crippen MR) is 94.4 cm³/mol. The number of benzene rings is 2. The van der Waals surface area contributed by atoms with Crippen LogP contribution in [0.2, 0.25) is 0 Å². The SMILES string of the molecule is CS(=O)(=O)N(CCC(=O)Nc1ccc2c(c1)OCO2)c1ccc(F)cc1. The molecule has 1 amide bonds. The number of hydrogen-bond acceptors (Lipinski definition) is 5. The summed E-state index contributed by atoms with van der Waals surface area (Å²) in [7, 11) is -3.61. The van der Waals surface area contributed by atoms with E-state index in [2.05, 4.69) is 5.32 Å². The van der Waals surface area contributed by atoms with Gasteiger partial charge in [0.1, 0.15) is 5.82 Å². The first-order valence-corrected chi connectivity index (χ1v) is 9.60. The number of carbonyl (C=O) groups is 1. The van der Waals surface area contributed by atoms with Crippen LogP contribution < -0.4 is 19.1 Å². The molecule has 2 aromatic carbocycles. The Labute approximate surface area is 150 Å². The molecule has 3 rings (SSSR count). The Hall–Kier alpha value is -2.81. The largest absolute Gasteiger partial charge is 0.454 e. The first-order valence-electron chi connectivity index (χ1n) is 7.76. The second-order valence-corrected chi connectivity index (χ2v) is 7.58. The summed E-state index contributed by atoms with van der Waals surface area (Å²) in [6.07, 6.45) is 0.963. The zero-order chi connectivity index (χ0) is 18.7. The zero-order valence-electron chi connectivity index (χ0n) is 13.9. The second-order valence-electron chi connectivity index (χ2n) is 5.68. The number of carbonyl (C=O) groups excluding carboxylic acids is 1. The maximum absolute atomic E-state index is 13.0. The number of nitrogens with zero attached hydrogens (tertiary/aromatic N) is 1. The predicted octanol–water partition coefficient (Wildman–Crippen LogP) is 2.35. The van der Waals surface area contributed by atoms with Gasteiger partial charge in [0.05, 0.1) is 11.9 Å². The lowest BCUT2D eigenvalue weighted by Crippen LogP contribution is -2.33. The van der Waals surface area contributed by atoms with Crippen LogP contribution in [0.4, 0.5) is 15.8 Å². The fraction of sp³-hybridized carbons (Fsp3) is 0.235. The Balaban J connectivity index is 1.65. The van der Waals surface area contributed by atoms with E-state index in [0.717, 1.165) is 10.6 Å². The highest BCUT2D eigenvalue weighted by Crippen LogP contribution is 2.34. The molecule has 0 radical (unpaired) electrons. The summed E-state index contributed by atoms with van der Waals surface area (Å²) in [6.45, 7) is 0.0641. The highest BCUT2D eigenvalue weighted by Gasteiger charge is 2.19. The lowest BCUT2D eigenvalue weighted by molar-refractivity contribution is -0.116. The topological polar surface area (TPSA) is 84.9 Å². The van der Waals surface area contributed by atoms with Crippen LogP contribution in [-0.2, 0) is 14.8 Å². The Morgan fingerprint density at radius 2 is 1.85 bits per heavy atom. The molecule has 1 N–H and O–H groups in total. The highest BCUT2D eigenvalue weighted by molar-refractivity contribution is 7.92. The molecule has 1 aliphatic heterocycles. The number of ether oxygens (including phenoxy) is 2. The molecule has 0 aliphatic carbocycles. The van der Waals surface area contributed by atoms with Crippen molar-refractivity contribution in [3.8, 4) is 11.5 Å². The molecule has 1 aliphatic rings. The van der Waals surface area contributed by atoms with E-state index in [0.29, 0.717) is 22.9 Å². The number of anilines is 2. The van der Waals surface area contributed by atoms with Crippen LogP contribution in [0.25, 0.3) is 0 Å². The Morgan fingerprint density at radius 1 is 1.15 bits per heavy atom. The molecular formula is C17H17FN2O5S. The van der Waals surface area contributed by atoms with Crippen LogP contribution in [0, 0.1) is 5.82 Å². The van der Waals surface area contributed by atoms with Gasteiger partial charge in [0.25, 0.3) is 0 Å². The molecule has 7 nitrogen and oxygen atoms in total. The van der Waals surface area contributed by atoms with Gasteiger partial charge in [-0.05, 0) is 36.4 Å². The molecular weight excluding hydrogens is 363 g/mol. The van der Waals surface area contributed by atoms with Crippen LogP contribution in [0.15, 0.2) is 42.5 Å². The van der Waals surface area contributed by atoms with E-state index in [1.54, 1.807) is 18.2 Å². The minimum atomic E-state index is -3.61. The molecule has 0 saturated carbocycles. The van der Waals surface area contributed by atoms with Crippen LogP contribution in [0.3, 0.4) is 0 Å². The van der Waals surface area contributed by atoms with Crippen LogP contribution in [0.5, 0.6) is 11.5 Å². The van der Waals surface area contributed by atoms with E-state index in [1.165, 1.54) is 24.3 Å². The molecule has 0 unspecified atom stereocenters. The molecule has 0 atom stereocenters. The van der Waals surface area contributed by atoms with Crippen molar-refractivity contribution in [3.05, 3.63) is 48.3 Å². The molecule has 26 heavy (non-hydrogen) atoms. The number of amides is 1. The van der Waals surface area contributed by atoms with E-state index in [-0.39, 0.29) is 25.7 Å². The van der Waals surface area contributed by atoms with Gasteiger partial charge in [0.2, 0.25) is 22.7 Å². The third-order valence-electron chi connectivity index (χ3n) is 3.71. The summed E-state index contributed by atoms with van der Waals surface area (Å²) in [4.78, 5) is 12.2. The number of rotatable bonds is 6. The molecule has 9 heteroatoms. The first kappa shape index (κ1) is 18.0. The first-order chi connectivity index (χ1) is 12.3. The van der Waals surface area contributed by atoms with Crippen molar-refractivity contribution in [2.75, 3.05) is 29.2 Å². The minimum absolute atomic E-state index is 0.0686. The third-order valence-corrected chi connectivity index (χ3v) is 4.91. The third kappa shape index (κ3) is 4.23. The Kier molecular flexibility index (Phi) is 4.99. The molecule has 0 saturated heterocycles. The van der Waals surface area contributed by atoms with Crippen LogP contribution in [-0.4, -0.2) is 33.9 Å². The second kappa shape index (κ2) is 7.20. The number of fused-ring (bicyclic) bond motifs is 1. The van der Waals surface area contributed by atoms with E-state index in [1.807, 2.05) is 0 Å². The summed E-state index contributed by atoms with van der Waals surface area (Å²) in [6, 6.07) is 10.0. The fourth-order valence-electron chi connectivity index (χ4n) is 2.49. The fourth-order valence-corrected chi connectivity index (χ4v) is 3.42. The van der Waals surface area contributed by atoms with E-state index >= 15 is 0 Å². The molecule has 0 bridgehead atoms. The Bertz CT molecular complexity index is 915. The zero-order valence-corrected chi connectivity index (χ0v) is 14.8. The van der Waals surface area contributed by atoms with Gasteiger partial charge in [-0.1, -0.05) is 0 Å². The lowest BCUT2D eigenvalue weighted by Gasteiger charge is -2.22. The monoisotopic (exact) mass is 380 g/mol. The van der Waals surface area contributed by atoms with Crippen molar-refractivity contribution in [2.24, 2.45) is 0 Å². The van der Waals surface area contributed by atoms with Gasteiger partial charge in [-0.15, -0.1) is 0 Å². The highest BCUT2D eigenvalue weighted by atomic mass is 32.2. The van der Waals surface area contributed by atoms with Crippen molar-refractivity contribution in [2.45, 2.75) is 6.42 Å². The molecule has 1 heterocycles.